The van der Waals surface area contributed by atoms with Crippen LogP contribution in [0.2, 0.25) is 0 Å². The predicted octanol–water partition coefficient (Wildman–Crippen LogP) is 3.62. The summed E-state index contributed by atoms with van der Waals surface area (Å²) in [7, 11) is 0. The number of Topliss-reactive ketones (excluding diaryl/α,β-unsaturated/α-hetero) is 1. The Balaban J connectivity index is 1.08. The van der Waals surface area contributed by atoms with Gasteiger partial charge in [0, 0.05) is 43.0 Å². The van der Waals surface area contributed by atoms with Gasteiger partial charge in [0.05, 0.1) is 4.92 Å². The summed E-state index contributed by atoms with van der Waals surface area (Å²) in [5.74, 6) is -2.26. The molecule has 1 amide bonds. The molecule has 17 heteroatoms. The molecule has 2 aliphatic rings. The highest BCUT2D eigenvalue weighted by Gasteiger charge is 2.48. The van der Waals surface area contributed by atoms with Crippen molar-refractivity contribution in [2.24, 2.45) is 0 Å². The average molecular weight is 773 g/mol. The fraction of sp³-hybridized carbons (Fsp3) is 0.282. The van der Waals surface area contributed by atoms with Gasteiger partial charge in [0.1, 0.15) is 48.8 Å². The largest absolute Gasteiger partial charge is 0.514 e. The van der Waals surface area contributed by atoms with Crippen LogP contribution >= 0.6 is 0 Å². The van der Waals surface area contributed by atoms with E-state index < -0.39 is 59.6 Å². The van der Waals surface area contributed by atoms with Crippen LogP contribution in [-0.2, 0) is 36.8 Å². The number of nitrogens with one attached hydrogen (secondary N) is 1. The molecule has 1 saturated heterocycles. The van der Waals surface area contributed by atoms with Crippen molar-refractivity contribution in [3.8, 4) is 22.6 Å². The molecule has 1 aliphatic heterocycles. The lowest BCUT2D eigenvalue weighted by atomic mass is 9.98. The number of non-ortho nitro benzene ring substituents is 1. The average Bonchev–Trinajstić information content (AvgIpc) is 3.50. The quantitative estimate of drug-likeness (QED) is 0.0531. The number of aliphatic hydroxyl groups excluding tert-OH is 3. The van der Waals surface area contributed by atoms with E-state index in [-0.39, 0.29) is 61.3 Å². The van der Waals surface area contributed by atoms with E-state index in [1.54, 1.807) is 0 Å². The van der Waals surface area contributed by atoms with Crippen LogP contribution in [0.15, 0.2) is 91.0 Å². The summed E-state index contributed by atoms with van der Waals surface area (Å²) in [5.41, 5.74) is 4.52. The molecule has 1 heterocycles. The number of carbonyl (C=O) groups is 4. The number of fused-ring (bicyclic) bond motifs is 3. The number of ether oxygens (including phenoxy) is 5. The van der Waals surface area contributed by atoms with Gasteiger partial charge in [0.15, 0.2) is 6.10 Å². The minimum atomic E-state index is -1.96. The third-order valence-electron chi connectivity index (χ3n) is 9.19. The van der Waals surface area contributed by atoms with E-state index in [1.165, 1.54) is 30.3 Å². The zero-order valence-electron chi connectivity index (χ0n) is 29.4. The van der Waals surface area contributed by atoms with Gasteiger partial charge in [-0.15, -0.1) is 0 Å². The SMILES string of the molecule is O=C(CCNC(=O)OCC1c2ccccc2-c2ccccc21)Cc1cc(COC(=O)Oc2ccc([N+](=O)[O-])cc2)ccc1O[C@H]1O[C@H](C(=O)O)[C@@H](O)[C@H](O)[C@H]1O. The monoisotopic (exact) mass is 772 g/mol. The summed E-state index contributed by atoms with van der Waals surface area (Å²) in [6.07, 6.45) is -11.8. The number of ketones is 1. The number of alkyl carbamates (subject to hydrolysis) is 1. The summed E-state index contributed by atoms with van der Waals surface area (Å²) in [6, 6.07) is 24.7. The second-order valence-electron chi connectivity index (χ2n) is 12.9. The highest BCUT2D eigenvalue weighted by atomic mass is 16.7. The second-order valence-corrected chi connectivity index (χ2v) is 12.9. The number of nitrogens with zero attached hydrogens (tertiary/aromatic N) is 1. The molecule has 1 fully saturated rings. The fourth-order valence-corrected chi connectivity index (χ4v) is 6.41. The van der Waals surface area contributed by atoms with Crippen LogP contribution in [0.1, 0.15) is 34.6 Å². The highest BCUT2D eigenvalue weighted by Crippen LogP contribution is 2.44. The van der Waals surface area contributed by atoms with Crippen molar-refractivity contribution in [1.29, 1.82) is 0 Å². The van der Waals surface area contributed by atoms with Crippen LogP contribution in [0.5, 0.6) is 11.5 Å². The van der Waals surface area contributed by atoms with Gasteiger partial charge >= 0.3 is 18.2 Å². The van der Waals surface area contributed by atoms with Crippen LogP contribution in [-0.4, -0.2) is 93.2 Å². The Bertz CT molecular complexity index is 2060. The van der Waals surface area contributed by atoms with Gasteiger partial charge in [0.25, 0.3) is 5.69 Å². The Morgan fingerprint density at radius 2 is 1.48 bits per heavy atom. The van der Waals surface area contributed by atoms with Gasteiger partial charge < -0.3 is 49.4 Å². The molecular formula is C39H36N2O15. The van der Waals surface area contributed by atoms with Crippen LogP contribution < -0.4 is 14.8 Å². The standard InChI is InChI=1S/C39H36N2O15/c42-24(15-16-40-38(48)52-20-30-28-7-3-1-5-26(28)27-6-2-4-8-29(27)30)18-22-17-21(19-53-39(49)54-25-12-10-23(11-13-25)41(50)51)9-14-31(22)55-37-34(45)32(43)33(44)35(56-37)36(46)47/h1-14,17,30,32-35,37,43-45H,15-16,18-20H2,(H,40,48)(H,46,47)/t32-,33-,34+,35-,37-/m0/s1. The zero-order valence-corrected chi connectivity index (χ0v) is 29.4. The van der Waals surface area contributed by atoms with Crippen molar-refractivity contribution in [2.45, 2.75) is 56.1 Å². The molecule has 0 spiro atoms. The van der Waals surface area contributed by atoms with Crippen LogP contribution in [0.4, 0.5) is 15.3 Å². The van der Waals surface area contributed by atoms with Crippen LogP contribution in [0.3, 0.4) is 0 Å². The first-order valence-corrected chi connectivity index (χ1v) is 17.3. The molecule has 0 unspecified atom stereocenters. The second kappa shape index (κ2) is 17.4. The number of carbonyl (C=O) groups excluding carboxylic acids is 3. The fourth-order valence-electron chi connectivity index (χ4n) is 6.41. The first kappa shape index (κ1) is 39.3. The molecule has 5 N–H and O–H groups in total. The first-order valence-electron chi connectivity index (χ1n) is 17.3. The molecule has 0 saturated carbocycles. The molecular weight excluding hydrogens is 736 g/mol. The van der Waals surface area contributed by atoms with Gasteiger partial charge in [0.2, 0.25) is 6.29 Å². The molecule has 1 aliphatic carbocycles. The van der Waals surface area contributed by atoms with E-state index in [4.69, 9.17) is 23.7 Å². The zero-order chi connectivity index (χ0) is 39.9. The lowest BCUT2D eigenvalue weighted by Gasteiger charge is -2.38. The van der Waals surface area contributed by atoms with Gasteiger partial charge in [-0.05, 0) is 52.1 Å². The Hall–Kier alpha value is -6.40. The van der Waals surface area contributed by atoms with E-state index in [0.717, 1.165) is 34.4 Å². The van der Waals surface area contributed by atoms with Gasteiger partial charge in [-0.25, -0.2) is 14.4 Å². The molecule has 0 bridgehead atoms. The van der Waals surface area contributed by atoms with Crippen molar-refractivity contribution in [3.63, 3.8) is 0 Å². The number of benzene rings is 4. The minimum Gasteiger partial charge on any atom is -0.479 e. The van der Waals surface area contributed by atoms with E-state index >= 15 is 0 Å². The number of amides is 1. The van der Waals surface area contributed by atoms with Crippen molar-refractivity contribution in [2.75, 3.05) is 13.2 Å². The highest BCUT2D eigenvalue weighted by molar-refractivity contribution is 5.82. The van der Waals surface area contributed by atoms with Crippen molar-refractivity contribution in [1.82, 2.24) is 5.32 Å². The van der Waals surface area contributed by atoms with Crippen molar-refractivity contribution in [3.05, 3.63) is 123 Å². The van der Waals surface area contributed by atoms with Crippen molar-refractivity contribution >= 4 is 29.7 Å². The number of rotatable bonds is 14. The number of hydrogen-bond donors (Lipinski definition) is 5. The summed E-state index contributed by atoms with van der Waals surface area (Å²) >= 11 is 0. The van der Waals surface area contributed by atoms with Gasteiger partial charge in [-0.2, -0.15) is 0 Å². The lowest BCUT2D eigenvalue weighted by molar-refractivity contribution is -0.384. The first-order chi connectivity index (χ1) is 26.9. The summed E-state index contributed by atoms with van der Waals surface area (Å²) < 4.78 is 26.7. The van der Waals surface area contributed by atoms with Crippen molar-refractivity contribution < 1.29 is 68.2 Å². The number of carboxylic acid groups (broad SMARTS) is 1. The Labute approximate surface area is 318 Å². The summed E-state index contributed by atoms with van der Waals surface area (Å²) in [5, 5.41) is 53.7. The number of nitro benzene ring substituents is 1. The normalized spacial score (nSPS) is 19.9. The van der Waals surface area contributed by atoms with Crippen LogP contribution in [0, 0.1) is 10.1 Å². The molecule has 56 heavy (non-hydrogen) atoms. The van der Waals surface area contributed by atoms with Gasteiger partial charge in [-0.3, -0.25) is 14.9 Å². The molecule has 0 aromatic heterocycles. The Morgan fingerprint density at radius 1 is 0.821 bits per heavy atom. The predicted molar refractivity (Wildman–Crippen MR) is 192 cm³/mol. The summed E-state index contributed by atoms with van der Waals surface area (Å²) in [4.78, 5) is 60.1. The minimum absolute atomic E-state index is 0.0136. The number of nitro groups is 1. The molecule has 4 aromatic carbocycles. The maximum atomic E-state index is 13.2. The molecule has 292 valence electrons. The molecule has 0 radical (unpaired) electrons. The number of carboxylic acids is 1. The van der Waals surface area contributed by atoms with E-state index in [0.29, 0.717) is 5.56 Å². The molecule has 17 nitrogen and oxygen atoms in total. The third kappa shape index (κ3) is 9.10. The topological polar surface area (TPSA) is 251 Å². The van der Waals surface area contributed by atoms with E-state index in [1.807, 2.05) is 48.5 Å². The summed E-state index contributed by atoms with van der Waals surface area (Å²) in [6.45, 7) is -0.378. The maximum absolute atomic E-state index is 13.2. The smallest absolute Gasteiger partial charge is 0.479 e. The number of hydrogen-bond acceptors (Lipinski definition) is 14. The van der Waals surface area contributed by atoms with Crippen LogP contribution in [0.25, 0.3) is 11.1 Å². The Kier molecular flexibility index (Phi) is 12.2. The Morgan fingerprint density at radius 3 is 2.12 bits per heavy atom. The molecule has 6 rings (SSSR count). The molecule has 5 atom stereocenters. The number of aliphatic hydroxyl groups is 3. The van der Waals surface area contributed by atoms with Gasteiger partial charge in [-0.1, -0.05) is 54.6 Å². The van der Waals surface area contributed by atoms with E-state index in [2.05, 4.69) is 5.32 Å². The third-order valence-corrected chi connectivity index (χ3v) is 9.19. The van der Waals surface area contributed by atoms with E-state index in [9.17, 15) is 49.7 Å². The number of aliphatic carboxylic acids is 1. The maximum Gasteiger partial charge on any atom is 0.514 e. The molecule has 4 aromatic rings. The lowest BCUT2D eigenvalue weighted by Crippen LogP contribution is -2.61.